The van der Waals surface area contributed by atoms with Crippen LogP contribution >= 0.6 is 23.2 Å². The molecule has 0 unspecified atom stereocenters. The molecule has 96 valence electrons. The second-order valence-corrected chi connectivity index (χ2v) is 4.63. The Morgan fingerprint density at radius 2 is 1.71 bits per heavy atom. The number of nitrogens with two attached hydrogens (primary N) is 1. The topological polar surface area (TPSA) is 41.3 Å². The van der Waals surface area contributed by atoms with E-state index in [2.05, 4.69) is 24.1 Å². The number of hydrogen-bond acceptors (Lipinski definition) is 3. The van der Waals surface area contributed by atoms with E-state index in [1.165, 1.54) is 0 Å². The molecule has 0 bridgehead atoms. The Morgan fingerprint density at radius 3 is 2.18 bits per heavy atom. The van der Waals surface area contributed by atoms with Gasteiger partial charge in [0.05, 0.1) is 15.7 Å². The standard InChI is InChI=1S/C12H19Cl2N3/c1-3-17(4-2)6-5-16-12-10(13)7-9(15)8-11(12)14/h7-8,16H,3-6,15H2,1-2H3. The van der Waals surface area contributed by atoms with Crippen LogP contribution in [0, 0.1) is 0 Å². The van der Waals surface area contributed by atoms with E-state index >= 15 is 0 Å². The van der Waals surface area contributed by atoms with Gasteiger partial charge in [0.15, 0.2) is 0 Å². The number of likely N-dealkylation sites (N-methyl/N-ethyl adjacent to an activating group) is 1. The smallest absolute Gasteiger partial charge is 0.0720 e. The lowest BCUT2D eigenvalue weighted by atomic mass is 10.3. The van der Waals surface area contributed by atoms with Gasteiger partial charge >= 0.3 is 0 Å². The molecule has 1 rings (SSSR count). The van der Waals surface area contributed by atoms with E-state index in [0.717, 1.165) is 31.9 Å². The van der Waals surface area contributed by atoms with Crippen LogP contribution in [0.25, 0.3) is 0 Å². The first-order chi connectivity index (χ1) is 8.08. The summed E-state index contributed by atoms with van der Waals surface area (Å²) >= 11 is 12.2. The molecule has 3 N–H and O–H groups in total. The maximum Gasteiger partial charge on any atom is 0.0720 e. The van der Waals surface area contributed by atoms with E-state index in [4.69, 9.17) is 28.9 Å². The molecule has 0 saturated carbocycles. The number of halogens is 2. The van der Waals surface area contributed by atoms with Crippen molar-refractivity contribution in [3.05, 3.63) is 22.2 Å². The Balaban J connectivity index is 2.58. The molecule has 0 aliphatic heterocycles. The summed E-state index contributed by atoms with van der Waals surface area (Å²) in [7, 11) is 0. The van der Waals surface area contributed by atoms with Crippen LogP contribution in [0.2, 0.25) is 10.0 Å². The lowest BCUT2D eigenvalue weighted by Gasteiger charge is -2.19. The third-order valence-corrected chi connectivity index (χ3v) is 3.28. The van der Waals surface area contributed by atoms with E-state index in [1.807, 2.05) is 0 Å². The summed E-state index contributed by atoms with van der Waals surface area (Å²) in [5.41, 5.74) is 6.98. The van der Waals surface area contributed by atoms with Crippen LogP contribution in [0.3, 0.4) is 0 Å². The van der Waals surface area contributed by atoms with Gasteiger partial charge in [0.2, 0.25) is 0 Å². The van der Waals surface area contributed by atoms with Crippen molar-refractivity contribution in [2.75, 3.05) is 37.2 Å². The maximum atomic E-state index is 6.08. The Bertz CT molecular complexity index is 342. The summed E-state index contributed by atoms with van der Waals surface area (Å²) in [5, 5.41) is 4.38. The molecular weight excluding hydrogens is 257 g/mol. The summed E-state index contributed by atoms with van der Waals surface area (Å²) in [5.74, 6) is 0. The molecule has 5 heteroatoms. The summed E-state index contributed by atoms with van der Waals surface area (Å²) in [6.45, 7) is 8.15. The first-order valence-electron chi connectivity index (χ1n) is 5.79. The van der Waals surface area contributed by atoms with Gasteiger partial charge in [0.25, 0.3) is 0 Å². The summed E-state index contributed by atoms with van der Waals surface area (Å²) in [4.78, 5) is 2.33. The molecule has 0 spiro atoms. The minimum Gasteiger partial charge on any atom is -0.399 e. The highest BCUT2D eigenvalue weighted by atomic mass is 35.5. The Hall–Kier alpha value is -0.640. The van der Waals surface area contributed by atoms with E-state index in [1.54, 1.807) is 12.1 Å². The average molecular weight is 276 g/mol. The van der Waals surface area contributed by atoms with Crippen LogP contribution in [-0.4, -0.2) is 31.1 Å². The zero-order valence-electron chi connectivity index (χ0n) is 10.3. The Morgan fingerprint density at radius 1 is 1.18 bits per heavy atom. The number of hydrogen-bond donors (Lipinski definition) is 2. The van der Waals surface area contributed by atoms with Gasteiger partial charge in [-0.05, 0) is 25.2 Å². The largest absolute Gasteiger partial charge is 0.399 e. The molecule has 1 aromatic carbocycles. The van der Waals surface area contributed by atoms with Crippen molar-refractivity contribution >= 4 is 34.6 Å². The van der Waals surface area contributed by atoms with Crippen molar-refractivity contribution in [1.82, 2.24) is 4.90 Å². The number of anilines is 2. The van der Waals surface area contributed by atoms with Gasteiger partial charge in [0.1, 0.15) is 0 Å². The van der Waals surface area contributed by atoms with Crippen LogP contribution in [0.5, 0.6) is 0 Å². The molecule has 0 saturated heterocycles. The number of rotatable bonds is 6. The Labute approximate surface area is 113 Å². The second-order valence-electron chi connectivity index (χ2n) is 3.81. The number of nitrogens with zero attached hydrogens (tertiary/aromatic N) is 1. The van der Waals surface area contributed by atoms with Gasteiger partial charge in [-0.15, -0.1) is 0 Å². The molecule has 3 nitrogen and oxygen atoms in total. The van der Waals surface area contributed by atoms with E-state index in [9.17, 15) is 0 Å². The van der Waals surface area contributed by atoms with E-state index in [0.29, 0.717) is 15.7 Å². The summed E-state index contributed by atoms with van der Waals surface area (Å²) < 4.78 is 0. The minimum atomic E-state index is 0.564. The molecule has 0 atom stereocenters. The van der Waals surface area contributed by atoms with Crippen LogP contribution in [0.4, 0.5) is 11.4 Å². The molecule has 0 aliphatic carbocycles. The molecule has 0 heterocycles. The molecular formula is C12H19Cl2N3. The summed E-state index contributed by atoms with van der Waals surface area (Å²) in [6, 6.07) is 3.40. The number of benzene rings is 1. The number of nitrogens with one attached hydrogen (secondary N) is 1. The third-order valence-electron chi connectivity index (χ3n) is 2.69. The lowest BCUT2D eigenvalue weighted by Crippen LogP contribution is -2.28. The predicted octanol–water partition coefficient (Wildman–Crippen LogP) is 3.33. The van der Waals surface area contributed by atoms with Gasteiger partial charge in [-0.1, -0.05) is 37.0 Å². The normalized spacial score (nSPS) is 10.9. The zero-order valence-corrected chi connectivity index (χ0v) is 11.8. The van der Waals surface area contributed by atoms with Crippen LogP contribution in [0.1, 0.15) is 13.8 Å². The molecule has 0 radical (unpaired) electrons. The third kappa shape index (κ3) is 4.26. The highest BCUT2D eigenvalue weighted by Crippen LogP contribution is 2.32. The fraction of sp³-hybridized carbons (Fsp3) is 0.500. The van der Waals surface area contributed by atoms with Gasteiger partial charge < -0.3 is 16.0 Å². The van der Waals surface area contributed by atoms with Gasteiger partial charge in [-0.3, -0.25) is 0 Å². The predicted molar refractivity (Wildman–Crippen MR) is 77.2 cm³/mol. The fourth-order valence-electron chi connectivity index (χ4n) is 1.64. The van der Waals surface area contributed by atoms with Gasteiger partial charge in [-0.2, -0.15) is 0 Å². The van der Waals surface area contributed by atoms with E-state index in [-0.39, 0.29) is 0 Å². The monoisotopic (exact) mass is 275 g/mol. The first-order valence-corrected chi connectivity index (χ1v) is 6.54. The van der Waals surface area contributed by atoms with Crippen LogP contribution in [-0.2, 0) is 0 Å². The SMILES string of the molecule is CCN(CC)CCNc1c(Cl)cc(N)cc1Cl. The van der Waals surface area contributed by atoms with Crippen molar-refractivity contribution in [2.45, 2.75) is 13.8 Å². The summed E-state index contributed by atoms with van der Waals surface area (Å²) in [6.07, 6.45) is 0. The van der Waals surface area contributed by atoms with Crippen molar-refractivity contribution in [2.24, 2.45) is 0 Å². The first kappa shape index (κ1) is 14.4. The molecule has 0 aliphatic rings. The molecule has 17 heavy (non-hydrogen) atoms. The van der Waals surface area contributed by atoms with E-state index < -0.39 is 0 Å². The number of nitrogen functional groups attached to an aromatic ring is 1. The Kier molecular flexibility index (Phi) is 5.89. The van der Waals surface area contributed by atoms with Crippen LogP contribution < -0.4 is 11.1 Å². The lowest BCUT2D eigenvalue weighted by molar-refractivity contribution is 0.316. The quantitative estimate of drug-likeness (QED) is 0.783. The average Bonchev–Trinajstić information content (AvgIpc) is 2.27. The van der Waals surface area contributed by atoms with Crippen molar-refractivity contribution < 1.29 is 0 Å². The van der Waals surface area contributed by atoms with Crippen molar-refractivity contribution in [3.63, 3.8) is 0 Å². The molecule has 0 amide bonds. The maximum absolute atomic E-state index is 6.08. The molecule has 0 aromatic heterocycles. The fourth-order valence-corrected chi connectivity index (χ4v) is 2.28. The van der Waals surface area contributed by atoms with Crippen LogP contribution in [0.15, 0.2) is 12.1 Å². The van der Waals surface area contributed by atoms with Gasteiger partial charge in [0, 0.05) is 18.8 Å². The second kappa shape index (κ2) is 6.94. The molecule has 1 aromatic rings. The molecule has 0 fully saturated rings. The van der Waals surface area contributed by atoms with Crippen molar-refractivity contribution in [3.8, 4) is 0 Å². The zero-order chi connectivity index (χ0) is 12.8. The van der Waals surface area contributed by atoms with Gasteiger partial charge in [-0.25, -0.2) is 0 Å². The van der Waals surface area contributed by atoms with Crippen molar-refractivity contribution in [1.29, 1.82) is 0 Å². The highest BCUT2D eigenvalue weighted by molar-refractivity contribution is 6.39. The minimum absolute atomic E-state index is 0.564. The highest BCUT2D eigenvalue weighted by Gasteiger charge is 2.07.